The van der Waals surface area contributed by atoms with Gasteiger partial charge in [-0.2, -0.15) is 9.35 Å². The second-order valence-corrected chi connectivity index (χ2v) is 13.8. The molecular weight excluding hydrogens is 667 g/mol. The van der Waals surface area contributed by atoms with Gasteiger partial charge in [-0.1, -0.05) is 31.1 Å². The van der Waals surface area contributed by atoms with Crippen LogP contribution in [0.4, 0.5) is 5.13 Å². The Labute approximate surface area is 298 Å². The Hall–Kier alpha value is -3.12. The Bertz CT molecular complexity index is 1430. The summed E-state index contributed by atoms with van der Waals surface area (Å²) in [5, 5.41) is 10.2. The Morgan fingerprint density at radius 2 is 1.98 bits per heavy atom. The highest BCUT2D eigenvalue weighted by Gasteiger charge is 2.55. The minimum Gasteiger partial charge on any atom is -0.392 e. The van der Waals surface area contributed by atoms with Crippen molar-refractivity contribution in [3.05, 3.63) is 46.0 Å². The summed E-state index contributed by atoms with van der Waals surface area (Å²) in [5.41, 5.74) is 21.7. The first kappa shape index (κ1) is 40.3. The van der Waals surface area contributed by atoms with Crippen LogP contribution in [0.1, 0.15) is 76.3 Å². The molecule has 2 aromatic rings. The van der Waals surface area contributed by atoms with Gasteiger partial charge in [0.15, 0.2) is 29.5 Å². The van der Waals surface area contributed by atoms with Crippen LogP contribution in [0, 0.1) is 5.92 Å². The molecule has 2 fully saturated rings. The van der Waals surface area contributed by atoms with E-state index in [0.29, 0.717) is 41.5 Å². The number of thiazole rings is 1. The van der Waals surface area contributed by atoms with Crippen LogP contribution in [0.25, 0.3) is 0 Å². The maximum absolute atomic E-state index is 11.4. The van der Waals surface area contributed by atoms with Crippen molar-refractivity contribution in [1.29, 1.82) is 0 Å². The van der Waals surface area contributed by atoms with Crippen molar-refractivity contribution < 1.29 is 23.3 Å². The fraction of sp³-hybridized carbons (Fsp3) is 0.606. The first-order chi connectivity index (χ1) is 23.5. The van der Waals surface area contributed by atoms with E-state index in [1.54, 1.807) is 12.4 Å². The number of rotatable bonds is 12. The number of likely N-dealkylation sites (tertiary alicyclic amines) is 1. The van der Waals surface area contributed by atoms with Gasteiger partial charge in [0, 0.05) is 29.4 Å². The molecule has 0 saturated carbocycles. The van der Waals surface area contributed by atoms with Gasteiger partial charge in [0.1, 0.15) is 23.7 Å². The standard InChI is InChI=1S/C25H35N7O2S.C6H12N2O3S.C2H6/c1-16(34-31-22(14-33)23-15-35-25(28)30-23)17-2-3-19-13-20(5-4-18(19)12-17)24(27)29-8-11-32-9-6-21(26)7-10-32;1-6(2)4(7-3)5(9)8(6)11-12-10;1-2/h4-5,13-17,21H,2-3,6-12,26H2,1H3,(H2,27,29)(H2,28,30);4,7,10H,1-3H3;1-2H3/b31-22+;;. The molecule has 0 spiro atoms. The number of carbonyl (C=O) groups excluding carboxylic acids is 2. The molecule has 14 nitrogen and oxygen atoms in total. The molecular formula is C33H53N9O5S2. The number of likely N-dealkylation sites (N-methyl/N-ethyl adjacent to an activating group) is 1. The maximum Gasteiger partial charge on any atom is 0.267 e. The van der Waals surface area contributed by atoms with E-state index in [0.717, 1.165) is 62.4 Å². The van der Waals surface area contributed by atoms with E-state index in [4.69, 9.17) is 26.6 Å². The second kappa shape index (κ2) is 19.3. The van der Waals surface area contributed by atoms with Gasteiger partial charge in [-0.05, 0) is 90.2 Å². The van der Waals surface area contributed by atoms with Gasteiger partial charge >= 0.3 is 0 Å². The highest BCUT2D eigenvalue weighted by molar-refractivity contribution is 7.88. The van der Waals surface area contributed by atoms with Crippen LogP contribution in [0.5, 0.6) is 0 Å². The molecule has 2 aliphatic heterocycles. The number of nitrogen functional groups attached to an aromatic ring is 1. The number of piperidine rings is 1. The molecule has 3 heterocycles. The molecule has 0 bridgehead atoms. The molecule has 8 N–H and O–H groups in total. The SMILES string of the molecule is CC.CC(O/N=C(\C=O)c1csc(N)n1)C1CCc2cc(C(N)=NCCN3CCC(N)CC3)ccc2C1.CNC1C(=O)N(OSO)C1(C)C. The number of aromatic nitrogens is 1. The highest BCUT2D eigenvalue weighted by atomic mass is 32.2. The van der Waals surface area contributed by atoms with Gasteiger partial charge in [-0.15, -0.1) is 11.3 Å². The average molecular weight is 720 g/mol. The summed E-state index contributed by atoms with van der Waals surface area (Å²) in [6, 6.07) is 6.49. The molecule has 3 aliphatic rings. The largest absolute Gasteiger partial charge is 0.392 e. The van der Waals surface area contributed by atoms with Crippen LogP contribution < -0.4 is 22.5 Å². The summed E-state index contributed by atoms with van der Waals surface area (Å²) >= 11 is 1.45. The molecule has 5 rings (SSSR count). The number of aliphatic imine (C=N–C) groups is 1. The van der Waals surface area contributed by atoms with E-state index in [1.807, 2.05) is 34.6 Å². The Morgan fingerprint density at radius 1 is 1.27 bits per heavy atom. The fourth-order valence-electron chi connectivity index (χ4n) is 6.08. The predicted molar refractivity (Wildman–Crippen MR) is 197 cm³/mol. The topological polar surface area (TPSA) is 207 Å². The fourth-order valence-corrected chi connectivity index (χ4v) is 6.97. The number of β-lactam (4-membered cyclic amide) rings is 1. The number of amides is 1. The van der Waals surface area contributed by atoms with E-state index in [9.17, 15) is 9.59 Å². The second-order valence-electron chi connectivity index (χ2n) is 12.6. The van der Waals surface area contributed by atoms with E-state index in [1.165, 1.54) is 22.5 Å². The highest BCUT2D eigenvalue weighted by Crippen LogP contribution is 2.33. The lowest BCUT2D eigenvalue weighted by atomic mass is 9.81. The first-order valence-electron chi connectivity index (χ1n) is 16.8. The molecule has 2 saturated heterocycles. The van der Waals surface area contributed by atoms with Gasteiger partial charge in [0.05, 0.1) is 12.1 Å². The molecule has 49 heavy (non-hydrogen) atoms. The van der Waals surface area contributed by atoms with Crippen molar-refractivity contribution in [1.82, 2.24) is 20.3 Å². The normalized spacial score (nSPS) is 21.7. The van der Waals surface area contributed by atoms with E-state index in [2.05, 4.69) is 47.8 Å². The molecule has 0 radical (unpaired) electrons. The van der Waals surface area contributed by atoms with Crippen molar-refractivity contribution in [3.8, 4) is 0 Å². The van der Waals surface area contributed by atoms with Gasteiger partial charge < -0.3 is 36.8 Å². The summed E-state index contributed by atoms with van der Waals surface area (Å²) in [5.74, 6) is 0.733. The number of hydrogen-bond donors (Lipinski definition) is 5. The monoisotopic (exact) mass is 719 g/mol. The third kappa shape index (κ3) is 10.7. The van der Waals surface area contributed by atoms with Gasteiger partial charge in [-0.25, -0.2) is 4.98 Å². The smallest absolute Gasteiger partial charge is 0.267 e. The average Bonchev–Trinajstić information content (AvgIpc) is 3.54. The van der Waals surface area contributed by atoms with Crippen LogP contribution in [-0.4, -0.2) is 100 Å². The third-order valence-electron chi connectivity index (χ3n) is 9.05. The summed E-state index contributed by atoms with van der Waals surface area (Å²) in [7, 11) is 1.72. The lowest BCUT2D eigenvalue weighted by Gasteiger charge is -2.50. The molecule has 16 heteroatoms. The van der Waals surface area contributed by atoms with Crippen LogP contribution in [0.2, 0.25) is 0 Å². The number of nitrogens with two attached hydrogens (primary N) is 3. The van der Waals surface area contributed by atoms with E-state index >= 15 is 0 Å². The molecule has 1 aliphatic carbocycles. The lowest BCUT2D eigenvalue weighted by Crippen LogP contribution is -2.74. The van der Waals surface area contributed by atoms with Crippen LogP contribution in [0.15, 0.2) is 33.7 Å². The van der Waals surface area contributed by atoms with Crippen LogP contribution in [0.3, 0.4) is 0 Å². The van der Waals surface area contributed by atoms with Gasteiger partial charge in [0.25, 0.3) is 5.91 Å². The summed E-state index contributed by atoms with van der Waals surface area (Å²) in [6.45, 7) is 13.4. The van der Waals surface area contributed by atoms with Gasteiger partial charge in [-0.3, -0.25) is 14.6 Å². The van der Waals surface area contributed by atoms with Crippen molar-refractivity contribution in [2.24, 2.45) is 27.5 Å². The number of amidine groups is 1. The lowest BCUT2D eigenvalue weighted by molar-refractivity contribution is -0.213. The number of nitrogens with zero attached hydrogens (tertiary/aromatic N) is 5. The van der Waals surface area contributed by atoms with Gasteiger partial charge in [0.2, 0.25) is 0 Å². The predicted octanol–water partition coefficient (Wildman–Crippen LogP) is 3.24. The van der Waals surface area contributed by atoms with Crippen molar-refractivity contribution in [3.63, 3.8) is 0 Å². The number of nitrogens with one attached hydrogen (secondary N) is 1. The number of fused-ring (bicyclic) bond motifs is 1. The number of oxime groups is 1. The molecule has 1 aromatic heterocycles. The minimum absolute atomic E-state index is 0.135. The molecule has 3 unspecified atom stereocenters. The number of anilines is 1. The van der Waals surface area contributed by atoms with Crippen molar-refractivity contribution in [2.45, 2.75) is 90.4 Å². The molecule has 3 atom stereocenters. The summed E-state index contributed by atoms with van der Waals surface area (Å²) < 4.78 is 13.0. The van der Waals surface area contributed by atoms with E-state index in [-0.39, 0.29) is 36.1 Å². The quantitative estimate of drug-likeness (QED) is 0.0535. The summed E-state index contributed by atoms with van der Waals surface area (Å²) in [4.78, 5) is 39.4. The zero-order valence-corrected chi connectivity index (χ0v) is 31.1. The Balaban J connectivity index is 0.000000390. The van der Waals surface area contributed by atoms with Crippen molar-refractivity contribution >= 4 is 52.5 Å². The number of aldehydes is 1. The maximum atomic E-state index is 11.4. The number of benzene rings is 1. The first-order valence-corrected chi connectivity index (χ1v) is 18.4. The minimum atomic E-state index is -0.401. The molecule has 1 amide bonds. The number of aryl methyl sites for hydroxylation is 1. The van der Waals surface area contributed by atoms with Crippen LogP contribution in [-0.2, 0) is 31.6 Å². The van der Waals surface area contributed by atoms with Crippen molar-refractivity contribution in [2.75, 3.05) is 39.0 Å². The molecule has 272 valence electrons. The van der Waals surface area contributed by atoms with Crippen LogP contribution >= 0.6 is 23.7 Å². The molecule has 1 aromatic carbocycles. The number of hydrogen-bond acceptors (Lipinski definition) is 14. The zero-order valence-electron chi connectivity index (χ0n) is 29.4. The number of carbonyl (C=O) groups is 2. The summed E-state index contributed by atoms with van der Waals surface area (Å²) in [6.07, 6.45) is 5.43. The van der Waals surface area contributed by atoms with E-state index < -0.39 is 5.54 Å². The Kier molecular flexibility index (Phi) is 15.9. The number of hydroxylamine groups is 2. The third-order valence-corrected chi connectivity index (χ3v) is 9.94. The Morgan fingerprint density at radius 3 is 2.57 bits per heavy atom. The zero-order chi connectivity index (χ0) is 36.1.